The zero-order valence-electron chi connectivity index (χ0n) is 6.38. The zero-order chi connectivity index (χ0) is 8.72. The van der Waals surface area contributed by atoms with Gasteiger partial charge in [0.1, 0.15) is 5.82 Å². The molecule has 0 N–H and O–H groups in total. The van der Waals surface area contributed by atoms with Crippen molar-refractivity contribution in [2.45, 2.75) is 0 Å². The Bertz CT molecular complexity index is 436. The van der Waals surface area contributed by atoms with E-state index in [1.165, 1.54) is 6.07 Å². The minimum Gasteiger partial charge on any atom is -0.268 e. The Hall–Kier alpha value is -0.900. The summed E-state index contributed by atoms with van der Waals surface area (Å²) in [5, 5.41) is 4.82. The maximum atomic E-state index is 13.0. The largest absolute Gasteiger partial charge is 0.268 e. The molecule has 0 bridgehead atoms. The summed E-state index contributed by atoms with van der Waals surface area (Å²) in [6.07, 6.45) is 1.64. The monoisotopic (exact) mass is 228 g/mol. The fraction of sp³-hybridized carbons (Fsp3) is 0.125. The smallest absolute Gasteiger partial charge is 0.138 e. The molecule has 1 heterocycles. The first-order chi connectivity index (χ1) is 5.70. The second-order valence-electron chi connectivity index (χ2n) is 2.56. The van der Waals surface area contributed by atoms with E-state index in [2.05, 4.69) is 21.0 Å². The summed E-state index contributed by atoms with van der Waals surface area (Å²) in [5.41, 5.74) is 0.920. The van der Waals surface area contributed by atoms with Crippen LogP contribution >= 0.6 is 15.9 Å². The normalized spacial score (nSPS) is 10.9. The molecule has 0 unspecified atom stereocenters. The predicted molar refractivity (Wildman–Crippen MR) is 48.4 cm³/mol. The molecule has 2 rings (SSSR count). The highest BCUT2D eigenvalue weighted by atomic mass is 79.9. The number of nitrogens with zero attached hydrogens (tertiary/aromatic N) is 2. The van der Waals surface area contributed by atoms with Gasteiger partial charge in [-0.15, -0.1) is 0 Å². The van der Waals surface area contributed by atoms with Gasteiger partial charge < -0.3 is 0 Å². The van der Waals surface area contributed by atoms with Gasteiger partial charge in [0, 0.05) is 12.4 Å². The van der Waals surface area contributed by atoms with Crippen molar-refractivity contribution in [3.05, 3.63) is 28.6 Å². The summed E-state index contributed by atoms with van der Waals surface area (Å²) < 4.78 is 15.2. The van der Waals surface area contributed by atoms with Gasteiger partial charge in [-0.1, -0.05) is 0 Å². The first kappa shape index (κ1) is 7.73. The third-order valence-corrected chi connectivity index (χ3v) is 2.62. The minimum atomic E-state index is -0.254. The Kier molecular flexibility index (Phi) is 1.65. The number of aromatic nitrogens is 2. The number of aryl methyl sites for hydroxylation is 1. The molecule has 0 spiro atoms. The molecule has 0 aliphatic rings. The number of benzene rings is 1. The number of fused-ring (bicyclic) bond motifs is 1. The second-order valence-corrected chi connectivity index (χ2v) is 3.36. The highest BCUT2D eigenvalue weighted by Crippen LogP contribution is 2.25. The van der Waals surface area contributed by atoms with Crippen LogP contribution in [0.2, 0.25) is 0 Å². The van der Waals surface area contributed by atoms with E-state index >= 15 is 0 Å². The standard InChI is InChI=1S/C8H6BrFN2/c1-12-7-3-2-6(10)8(9)5(7)4-11-12/h2-4H,1H3. The molecule has 1 aromatic heterocycles. The van der Waals surface area contributed by atoms with Crippen molar-refractivity contribution >= 4 is 26.8 Å². The van der Waals surface area contributed by atoms with Crippen LogP contribution in [0.5, 0.6) is 0 Å². The number of rotatable bonds is 0. The maximum absolute atomic E-state index is 13.0. The van der Waals surface area contributed by atoms with Gasteiger partial charge >= 0.3 is 0 Å². The van der Waals surface area contributed by atoms with Gasteiger partial charge in [0.25, 0.3) is 0 Å². The molecule has 0 saturated heterocycles. The minimum absolute atomic E-state index is 0.254. The molecule has 12 heavy (non-hydrogen) atoms. The van der Waals surface area contributed by atoms with Crippen LogP contribution in [0.25, 0.3) is 10.9 Å². The summed E-state index contributed by atoms with van der Waals surface area (Å²) in [5.74, 6) is -0.254. The fourth-order valence-corrected chi connectivity index (χ4v) is 1.61. The zero-order valence-corrected chi connectivity index (χ0v) is 7.97. The predicted octanol–water partition coefficient (Wildman–Crippen LogP) is 2.47. The molecule has 0 saturated carbocycles. The van der Waals surface area contributed by atoms with Gasteiger partial charge in [0.05, 0.1) is 16.2 Å². The van der Waals surface area contributed by atoms with E-state index in [0.717, 1.165) is 10.9 Å². The van der Waals surface area contributed by atoms with E-state index in [-0.39, 0.29) is 5.82 Å². The maximum Gasteiger partial charge on any atom is 0.138 e. The van der Waals surface area contributed by atoms with E-state index < -0.39 is 0 Å². The van der Waals surface area contributed by atoms with E-state index in [9.17, 15) is 4.39 Å². The summed E-state index contributed by atoms with van der Waals surface area (Å²) in [4.78, 5) is 0. The Morgan fingerprint density at radius 3 is 3.00 bits per heavy atom. The molecule has 62 valence electrons. The Labute approximate surface area is 77.1 Å². The average molecular weight is 229 g/mol. The van der Waals surface area contributed by atoms with Crippen LogP contribution in [0.1, 0.15) is 0 Å². The molecular weight excluding hydrogens is 223 g/mol. The summed E-state index contributed by atoms with van der Waals surface area (Å²) in [6.45, 7) is 0. The van der Waals surface area contributed by atoms with Gasteiger partial charge in [0.15, 0.2) is 0 Å². The van der Waals surface area contributed by atoms with Crippen molar-refractivity contribution in [3.63, 3.8) is 0 Å². The molecule has 0 aliphatic carbocycles. The Morgan fingerprint density at radius 1 is 1.50 bits per heavy atom. The Balaban J connectivity index is 2.93. The molecule has 0 amide bonds. The quantitative estimate of drug-likeness (QED) is 0.678. The van der Waals surface area contributed by atoms with E-state index in [0.29, 0.717) is 4.47 Å². The Morgan fingerprint density at radius 2 is 2.25 bits per heavy atom. The van der Waals surface area contributed by atoms with Gasteiger partial charge in [-0.25, -0.2) is 4.39 Å². The molecule has 0 aliphatic heterocycles. The van der Waals surface area contributed by atoms with Crippen LogP contribution in [0, 0.1) is 5.82 Å². The van der Waals surface area contributed by atoms with Crippen LogP contribution in [-0.2, 0) is 7.05 Å². The lowest BCUT2D eigenvalue weighted by Gasteiger charge is -1.96. The molecule has 4 heteroatoms. The molecule has 2 aromatic rings. The first-order valence-electron chi connectivity index (χ1n) is 3.46. The second kappa shape index (κ2) is 2.55. The lowest BCUT2D eigenvalue weighted by molar-refractivity contribution is 0.623. The lowest BCUT2D eigenvalue weighted by atomic mass is 10.2. The van der Waals surface area contributed by atoms with Crippen molar-refractivity contribution < 1.29 is 4.39 Å². The van der Waals surface area contributed by atoms with Gasteiger partial charge in [-0.2, -0.15) is 5.10 Å². The average Bonchev–Trinajstić information content (AvgIpc) is 2.41. The summed E-state index contributed by atoms with van der Waals surface area (Å²) in [6, 6.07) is 3.14. The van der Waals surface area contributed by atoms with Crippen LogP contribution in [0.4, 0.5) is 4.39 Å². The first-order valence-corrected chi connectivity index (χ1v) is 4.25. The SMILES string of the molecule is Cn1ncc2c(Br)c(F)ccc21. The summed E-state index contributed by atoms with van der Waals surface area (Å²) in [7, 11) is 1.83. The van der Waals surface area contributed by atoms with Crippen LogP contribution in [0.15, 0.2) is 22.8 Å². The van der Waals surface area contributed by atoms with Crippen molar-refractivity contribution in [2.24, 2.45) is 7.05 Å². The molecule has 1 aromatic carbocycles. The fourth-order valence-electron chi connectivity index (χ4n) is 1.17. The number of hydrogen-bond donors (Lipinski definition) is 0. The van der Waals surface area contributed by atoms with Crippen LogP contribution in [0.3, 0.4) is 0 Å². The lowest BCUT2D eigenvalue weighted by Crippen LogP contribution is -1.88. The number of halogens is 2. The third-order valence-electron chi connectivity index (χ3n) is 1.82. The topological polar surface area (TPSA) is 17.8 Å². The van der Waals surface area contributed by atoms with Crippen molar-refractivity contribution in [1.82, 2.24) is 9.78 Å². The van der Waals surface area contributed by atoms with Crippen LogP contribution < -0.4 is 0 Å². The van der Waals surface area contributed by atoms with E-state index in [4.69, 9.17) is 0 Å². The van der Waals surface area contributed by atoms with Gasteiger partial charge in [-0.3, -0.25) is 4.68 Å². The van der Waals surface area contributed by atoms with E-state index in [1.807, 2.05) is 7.05 Å². The highest BCUT2D eigenvalue weighted by Gasteiger charge is 2.06. The molecule has 0 atom stereocenters. The van der Waals surface area contributed by atoms with Crippen molar-refractivity contribution in [1.29, 1.82) is 0 Å². The molecule has 2 nitrogen and oxygen atoms in total. The van der Waals surface area contributed by atoms with Crippen LogP contribution in [-0.4, -0.2) is 9.78 Å². The van der Waals surface area contributed by atoms with Gasteiger partial charge in [-0.05, 0) is 28.1 Å². The third kappa shape index (κ3) is 0.948. The number of hydrogen-bond acceptors (Lipinski definition) is 1. The van der Waals surface area contributed by atoms with Gasteiger partial charge in [0.2, 0.25) is 0 Å². The highest BCUT2D eigenvalue weighted by molar-refractivity contribution is 9.10. The van der Waals surface area contributed by atoms with Crippen molar-refractivity contribution in [3.8, 4) is 0 Å². The molecule has 0 radical (unpaired) electrons. The van der Waals surface area contributed by atoms with E-state index in [1.54, 1.807) is 16.9 Å². The van der Waals surface area contributed by atoms with Crippen molar-refractivity contribution in [2.75, 3.05) is 0 Å². The molecular formula is C8H6BrFN2. The summed E-state index contributed by atoms with van der Waals surface area (Å²) >= 11 is 3.17. The molecule has 0 fully saturated rings.